The number of carbonyl (C=O) groups excluding carboxylic acids is 3. The highest BCUT2D eigenvalue weighted by Crippen LogP contribution is 2.29. The number of likely N-dealkylation sites (tertiary alicyclic amines) is 1. The normalized spacial score (nSPS) is 23.0. The highest BCUT2D eigenvalue weighted by atomic mass is 16.6. The highest BCUT2D eigenvalue weighted by molar-refractivity contribution is 5.87. The van der Waals surface area contributed by atoms with Crippen molar-refractivity contribution in [3.63, 3.8) is 0 Å². The minimum Gasteiger partial charge on any atom is -0.461 e. The van der Waals surface area contributed by atoms with Gasteiger partial charge in [-0.05, 0) is 12.0 Å². The lowest BCUT2D eigenvalue weighted by atomic mass is 10.1. The van der Waals surface area contributed by atoms with Gasteiger partial charge in [-0.1, -0.05) is 37.3 Å². The van der Waals surface area contributed by atoms with Crippen molar-refractivity contribution in [2.45, 2.75) is 44.9 Å². The number of fused-ring (bicyclic) bond motifs is 2. The molecule has 2 saturated heterocycles. The Morgan fingerprint density at radius 2 is 2.08 bits per heavy atom. The molecule has 1 aromatic rings. The fourth-order valence-corrected chi connectivity index (χ4v) is 3.10. The second-order valence-electron chi connectivity index (χ2n) is 6.39. The van der Waals surface area contributed by atoms with E-state index in [2.05, 4.69) is 0 Å². The van der Waals surface area contributed by atoms with Crippen LogP contribution in [-0.4, -0.2) is 41.4 Å². The topological polar surface area (TPSA) is 72.9 Å². The van der Waals surface area contributed by atoms with Crippen LogP contribution >= 0.6 is 0 Å². The van der Waals surface area contributed by atoms with Gasteiger partial charge in [-0.2, -0.15) is 0 Å². The molecule has 2 aliphatic heterocycles. The fraction of sp³-hybridized carbons (Fsp3) is 0.500. The van der Waals surface area contributed by atoms with Gasteiger partial charge in [0.15, 0.2) is 0 Å². The third-order valence-electron chi connectivity index (χ3n) is 4.56. The van der Waals surface area contributed by atoms with Crippen molar-refractivity contribution in [1.82, 2.24) is 4.90 Å². The molecule has 0 radical (unpaired) electrons. The Balaban J connectivity index is 1.42. The number of nitrogens with zero attached hydrogens (tertiary/aromatic N) is 1. The van der Waals surface area contributed by atoms with Gasteiger partial charge in [0.05, 0.1) is 12.5 Å². The zero-order valence-electron chi connectivity index (χ0n) is 13.6. The van der Waals surface area contributed by atoms with E-state index >= 15 is 0 Å². The molecule has 2 fully saturated rings. The molecular formula is C18H21NO5. The highest BCUT2D eigenvalue weighted by Gasteiger charge is 2.48. The van der Waals surface area contributed by atoms with Crippen LogP contribution in [0.4, 0.5) is 0 Å². The van der Waals surface area contributed by atoms with Gasteiger partial charge in [0.25, 0.3) is 0 Å². The second-order valence-corrected chi connectivity index (χ2v) is 6.39. The molecule has 2 aliphatic rings. The lowest BCUT2D eigenvalue weighted by Gasteiger charge is -2.26. The molecule has 0 N–H and O–H groups in total. The SMILES string of the molecule is C[C@@H](CCC(=O)N1C[C@H]2C[C@@H]1C(=O)O2)C(=O)OCc1ccccc1. The van der Waals surface area contributed by atoms with Crippen LogP contribution in [0.1, 0.15) is 31.7 Å². The van der Waals surface area contributed by atoms with E-state index in [0.717, 1.165) is 5.56 Å². The first-order valence-corrected chi connectivity index (χ1v) is 8.25. The summed E-state index contributed by atoms with van der Waals surface area (Å²) in [7, 11) is 0. The molecule has 0 aromatic heterocycles. The molecule has 3 rings (SSSR count). The largest absolute Gasteiger partial charge is 0.461 e. The van der Waals surface area contributed by atoms with Crippen LogP contribution in [0.5, 0.6) is 0 Å². The molecule has 3 atom stereocenters. The minimum absolute atomic E-state index is 0.0955. The Bertz CT molecular complexity index is 630. The Labute approximate surface area is 140 Å². The summed E-state index contributed by atoms with van der Waals surface area (Å²) in [5, 5.41) is 0. The zero-order chi connectivity index (χ0) is 17.1. The molecule has 0 saturated carbocycles. The predicted molar refractivity (Wildman–Crippen MR) is 84.6 cm³/mol. The molecule has 2 bridgehead atoms. The number of rotatable bonds is 6. The van der Waals surface area contributed by atoms with Crippen molar-refractivity contribution < 1.29 is 23.9 Å². The number of carbonyl (C=O) groups is 3. The Morgan fingerprint density at radius 3 is 2.75 bits per heavy atom. The van der Waals surface area contributed by atoms with Crippen LogP contribution in [0.2, 0.25) is 0 Å². The average molecular weight is 331 g/mol. The lowest BCUT2D eigenvalue weighted by Crippen LogP contribution is -2.44. The van der Waals surface area contributed by atoms with Gasteiger partial charge in [0.1, 0.15) is 18.8 Å². The molecule has 0 spiro atoms. The summed E-state index contributed by atoms with van der Waals surface area (Å²) in [5.41, 5.74) is 0.931. The van der Waals surface area contributed by atoms with Gasteiger partial charge in [-0.3, -0.25) is 9.59 Å². The minimum atomic E-state index is -0.428. The van der Waals surface area contributed by atoms with Gasteiger partial charge in [0.2, 0.25) is 5.91 Å². The Morgan fingerprint density at radius 1 is 1.33 bits per heavy atom. The third kappa shape index (κ3) is 3.58. The van der Waals surface area contributed by atoms with E-state index in [1.807, 2.05) is 30.3 Å². The smallest absolute Gasteiger partial charge is 0.329 e. The number of benzene rings is 1. The molecule has 1 amide bonds. The van der Waals surface area contributed by atoms with E-state index in [1.165, 1.54) is 0 Å². The monoisotopic (exact) mass is 331 g/mol. The van der Waals surface area contributed by atoms with E-state index in [1.54, 1.807) is 11.8 Å². The molecule has 0 aliphatic carbocycles. The Hall–Kier alpha value is -2.37. The summed E-state index contributed by atoms with van der Waals surface area (Å²) >= 11 is 0. The van der Waals surface area contributed by atoms with Crippen molar-refractivity contribution in [1.29, 1.82) is 0 Å². The van der Waals surface area contributed by atoms with E-state index < -0.39 is 6.04 Å². The number of hydrogen-bond donors (Lipinski definition) is 0. The van der Waals surface area contributed by atoms with E-state index in [0.29, 0.717) is 19.4 Å². The van der Waals surface area contributed by atoms with Gasteiger partial charge < -0.3 is 14.4 Å². The van der Waals surface area contributed by atoms with E-state index in [4.69, 9.17) is 9.47 Å². The lowest BCUT2D eigenvalue weighted by molar-refractivity contribution is -0.157. The zero-order valence-corrected chi connectivity index (χ0v) is 13.6. The second kappa shape index (κ2) is 7.03. The van der Waals surface area contributed by atoms with Gasteiger partial charge in [-0.15, -0.1) is 0 Å². The van der Waals surface area contributed by atoms with Crippen molar-refractivity contribution in [2.75, 3.05) is 6.54 Å². The predicted octanol–water partition coefficient (Wildman–Crippen LogP) is 1.67. The summed E-state index contributed by atoms with van der Waals surface area (Å²) < 4.78 is 10.3. The third-order valence-corrected chi connectivity index (χ3v) is 4.56. The standard InChI is InChI=1S/C18H21NO5/c1-12(17(21)23-11-13-5-3-2-4-6-13)7-8-16(20)19-10-14-9-15(19)18(22)24-14/h2-6,12,14-15H,7-11H2,1H3/t12-,14+,15+/m0/s1. The summed E-state index contributed by atoms with van der Waals surface area (Å²) in [4.78, 5) is 37.4. The first kappa shape index (κ1) is 16.5. The maximum absolute atomic E-state index is 12.3. The van der Waals surface area contributed by atoms with Crippen LogP contribution in [0, 0.1) is 5.92 Å². The summed E-state index contributed by atoms with van der Waals surface area (Å²) in [6.45, 7) is 2.47. The molecule has 0 unspecified atom stereocenters. The van der Waals surface area contributed by atoms with Crippen molar-refractivity contribution in [2.24, 2.45) is 5.92 Å². The van der Waals surface area contributed by atoms with Crippen LogP contribution in [0.25, 0.3) is 0 Å². The first-order chi connectivity index (χ1) is 11.5. The number of esters is 2. The van der Waals surface area contributed by atoms with Crippen molar-refractivity contribution in [3.05, 3.63) is 35.9 Å². The number of amides is 1. The molecule has 128 valence electrons. The van der Waals surface area contributed by atoms with Crippen LogP contribution in [0.15, 0.2) is 30.3 Å². The molecule has 6 nitrogen and oxygen atoms in total. The molecule has 1 aromatic carbocycles. The van der Waals surface area contributed by atoms with Crippen LogP contribution < -0.4 is 0 Å². The number of hydrogen-bond acceptors (Lipinski definition) is 5. The molecule has 24 heavy (non-hydrogen) atoms. The maximum Gasteiger partial charge on any atom is 0.329 e. The number of ether oxygens (including phenoxy) is 2. The quantitative estimate of drug-likeness (QED) is 0.742. The van der Waals surface area contributed by atoms with Gasteiger partial charge in [-0.25, -0.2) is 4.79 Å². The van der Waals surface area contributed by atoms with Crippen molar-refractivity contribution >= 4 is 17.8 Å². The van der Waals surface area contributed by atoms with Crippen LogP contribution in [-0.2, 0) is 30.5 Å². The van der Waals surface area contributed by atoms with E-state index in [-0.39, 0.29) is 42.9 Å². The van der Waals surface area contributed by atoms with Crippen molar-refractivity contribution in [3.8, 4) is 0 Å². The first-order valence-electron chi connectivity index (χ1n) is 8.25. The number of morpholine rings is 1. The molecule has 6 heteroatoms. The fourth-order valence-electron chi connectivity index (χ4n) is 3.10. The van der Waals surface area contributed by atoms with Crippen LogP contribution in [0.3, 0.4) is 0 Å². The maximum atomic E-state index is 12.3. The summed E-state index contributed by atoms with van der Waals surface area (Å²) in [5.74, 6) is -1.07. The molecular weight excluding hydrogens is 310 g/mol. The Kier molecular flexibility index (Phi) is 4.83. The molecule has 2 heterocycles. The summed E-state index contributed by atoms with van der Waals surface area (Å²) in [6.07, 6.45) is 1.09. The van der Waals surface area contributed by atoms with Gasteiger partial charge >= 0.3 is 11.9 Å². The van der Waals surface area contributed by atoms with Gasteiger partial charge in [0, 0.05) is 12.8 Å². The average Bonchev–Trinajstić information content (AvgIpc) is 3.17. The summed E-state index contributed by atoms with van der Waals surface area (Å²) in [6, 6.07) is 9.04. The van der Waals surface area contributed by atoms with E-state index in [9.17, 15) is 14.4 Å².